The Morgan fingerprint density at radius 3 is 2.86 bits per heavy atom. The van der Waals surface area contributed by atoms with Crippen LogP contribution in [0.2, 0.25) is 0 Å². The fraction of sp³-hybridized carbons (Fsp3) is 0.400. The van der Waals surface area contributed by atoms with Gasteiger partial charge in [-0.3, -0.25) is 4.99 Å². The van der Waals surface area contributed by atoms with Gasteiger partial charge in [0, 0.05) is 15.7 Å². The molecule has 1 fully saturated rings. The van der Waals surface area contributed by atoms with Crippen molar-refractivity contribution < 1.29 is 4.28 Å². The Bertz CT molecular complexity index is 783. The van der Waals surface area contributed by atoms with E-state index in [1.54, 1.807) is 12.1 Å². The van der Waals surface area contributed by atoms with Crippen molar-refractivity contribution in [2.75, 3.05) is 5.75 Å². The highest BCUT2D eigenvalue weighted by atomic mass is 32.2. The molecule has 22 heavy (non-hydrogen) atoms. The molecule has 1 aliphatic carbocycles. The van der Waals surface area contributed by atoms with Crippen molar-refractivity contribution in [2.24, 2.45) is 10.7 Å². The van der Waals surface area contributed by atoms with Crippen molar-refractivity contribution in [1.29, 1.82) is 5.41 Å². The molecule has 1 aromatic heterocycles. The van der Waals surface area contributed by atoms with Crippen LogP contribution < -0.4 is 11.4 Å². The molecule has 0 radical (unpaired) electrons. The lowest BCUT2D eigenvalue weighted by Crippen LogP contribution is -2.14. The van der Waals surface area contributed by atoms with Crippen LogP contribution in [0.5, 0.6) is 0 Å². The molecule has 1 heterocycles. The average molecular weight is 323 g/mol. The number of nitrogens with two attached hydrogens (primary N) is 1. The van der Waals surface area contributed by atoms with Gasteiger partial charge >= 0.3 is 5.69 Å². The van der Waals surface area contributed by atoms with E-state index >= 15 is 0 Å². The number of H-pyrrole nitrogens is 2. The number of aromatic nitrogens is 2. The Kier molecular flexibility index (Phi) is 4.33. The standard InChI is InChI=1S/C15H19N5OS.3H2/c16-11(8-22-14(17)18-10-3-1-2-4-10)9-5-6-12-13(7-9)20-15(21)19-12;;;/h5-7,10,16H,1-4,8H2,(H2,17,18)(H2,19,20,21);3*1H. The van der Waals surface area contributed by atoms with E-state index < -0.39 is 0 Å². The van der Waals surface area contributed by atoms with Gasteiger partial charge in [-0.15, -0.1) is 0 Å². The molecule has 6 nitrogen and oxygen atoms in total. The summed E-state index contributed by atoms with van der Waals surface area (Å²) in [6, 6.07) is 5.81. The fourth-order valence-electron chi connectivity index (χ4n) is 2.70. The number of nitrogens with one attached hydrogen (secondary N) is 3. The molecule has 0 aliphatic heterocycles. The third-order valence-electron chi connectivity index (χ3n) is 3.86. The summed E-state index contributed by atoms with van der Waals surface area (Å²) in [5, 5.41) is 8.72. The van der Waals surface area contributed by atoms with Crippen molar-refractivity contribution in [3.63, 3.8) is 0 Å². The molecular formula is C15H25N5OS. The molecule has 0 unspecified atom stereocenters. The van der Waals surface area contributed by atoms with Crippen LogP contribution in [-0.2, 0) is 0 Å². The summed E-state index contributed by atoms with van der Waals surface area (Å²) in [6.07, 6.45) is 4.71. The number of aliphatic imine (C=N–C) groups is 1. The van der Waals surface area contributed by atoms with Crippen LogP contribution in [0.1, 0.15) is 35.5 Å². The van der Waals surface area contributed by atoms with Crippen LogP contribution in [-0.4, -0.2) is 32.6 Å². The summed E-state index contributed by atoms with van der Waals surface area (Å²) in [6.45, 7) is 0. The molecule has 0 atom stereocenters. The van der Waals surface area contributed by atoms with Crippen LogP contribution in [0.25, 0.3) is 11.0 Å². The molecule has 0 spiro atoms. The number of nitrogens with zero attached hydrogens (tertiary/aromatic N) is 1. The molecule has 0 saturated heterocycles. The number of amidine groups is 1. The Morgan fingerprint density at radius 2 is 2.09 bits per heavy atom. The van der Waals surface area contributed by atoms with Crippen LogP contribution in [0.3, 0.4) is 0 Å². The highest BCUT2D eigenvalue weighted by Crippen LogP contribution is 2.22. The van der Waals surface area contributed by atoms with E-state index in [2.05, 4.69) is 15.0 Å². The van der Waals surface area contributed by atoms with Crippen LogP contribution in [0.15, 0.2) is 28.0 Å². The van der Waals surface area contributed by atoms with Crippen LogP contribution in [0.4, 0.5) is 0 Å². The first kappa shape index (κ1) is 14.9. The lowest BCUT2D eigenvalue weighted by Gasteiger charge is -2.07. The molecule has 0 amide bonds. The van der Waals surface area contributed by atoms with Crippen molar-refractivity contribution in [3.8, 4) is 0 Å². The van der Waals surface area contributed by atoms with Gasteiger partial charge in [0.05, 0.1) is 17.1 Å². The number of fused-ring (bicyclic) bond motifs is 1. The summed E-state index contributed by atoms with van der Waals surface area (Å²) >= 11 is 1.40. The molecule has 0 bridgehead atoms. The van der Waals surface area contributed by atoms with Gasteiger partial charge < -0.3 is 21.1 Å². The number of thioether (sulfide) groups is 1. The van der Waals surface area contributed by atoms with Crippen molar-refractivity contribution in [3.05, 3.63) is 34.2 Å². The number of imidazole rings is 1. The normalized spacial score (nSPS) is 16.5. The number of benzene rings is 1. The molecule has 1 saturated carbocycles. The van der Waals surface area contributed by atoms with Gasteiger partial charge in [-0.2, -0.15) is 0 Å². The van der Waals surface area contributed by atoms with Gasteiger partial charge in [-0.1, -0.05) is 30.7 Å². The van der Waals surface area contributed by atoms with Crippen molar-refractivity contribution in [2.45, 2.75) is 31.7 Å². The van der Waals surface area contributed by atoms with Gasteiger partial charge in [0.15, 0.2) is 5.17 Å². The Labute approximate surface area is 136 Å². The third-order valence-corrected chi connectivity index (χ3v) is 4.70. The second-order valence-electron chi connectivity index (χ2n) is 5.51. The van der Waals surface area contributed by atoms with Gasteiger partial charge in [-0.25, -0.2) is 4.79 Å². The van der Waals surface area contributed by atoms with Gasteiger partial charge in [-0.05, 0) is 30.5 Å². The summed E-state index contributed by atoms with van der Waals surface area (Å²) in [5.74, 6) is 0.474. The molecule has 1 aliphatic rings. The first-order chi connectivity index (χ1) is 10.6. The molecule has 1 aromatic carbocycles. The largest absolute Gasteiger partial charge is 0.379 e. The van der Waals surface area contributed by atoms with Gasteiger partial charge in [0.1, 0.15) is 0 Å². The number of hydrogen-bond acceptors (Lipinski definition) is 4. The van der Waals surface area contributed by atoms with E-state index in [1.165, 1.54) is 24.6 Å². The summed E-state index contributed by atoms with van der Waals surface area (Å²) in [4.78, 5) is 21.1. The zero-order valence-corrected chi connectivity index (χ0v) is 13.0. The predicted molar refractivity (Wildman–Crippen MR) is 98.4 cm³/mol. The molecular weight excluding hydrogens is 298 g/mol. The molecule has 7 heteroatoms. The monoisotopic (exact) mass is 323 g/mol. The SMILES string of the molecule is N=C(CSC(N)=NC1CCCC1)c1ccc2[nH]c(=O)[nH]c2c1.[HH].[HH].[HH]. The lowest BCUT2D eigenvalue weighted by molar-refractivity contribution is 0.708. The maximum atomic E-state index is 11.2. The Hall–Kier alpha value is -2.02. The van der Waals surface area contributed by atoms with Crippen LogP contribution in [0, 0.1) is 5.41 Å². The smallest absolute Gasteiger partial charge is 0.323 e. The van der Waals surface area contributed by atoms with E-state index in [0.717, 1.165) is 23.9 Å². The predicted octanol–water partition coefficient (Wildman–Crippen LogP) is 2.95. The van der Waals surface area contributed by atoms with Gasteiger partial charge in [0.25, 0.3) is 0 Å². The zero-order chi connectivity index (χ0) is 15.5. The minimum atomic E-state index is -0.235. The number of hydrogen-bond donors (Lipinski definition) is 4. The molecule has 3 rings (SSSR count). The second kappa shape index (κ2) is 6.39. The minimum Gasteiger partial charge on any atom is -0.379 e. The minimum absolute atomic E-state index is 0. The Balaban J connectivity index is 0.00000192. The molecule has 2 aromatic rings. The summed E-state index contributed by atoms with van der Waals surface area (Å²) < 4.78 is 0. The molecule has 5 N–H and O–H groups in total. The van der Waals surface area contributed by atoms with Crippen LogP contribution >= 0.6 is 11.8 Å². The van der Waals surface area contributed by atoms with E-state index in [-0.39, 0.29) is 9.97 Å². The maximum absolute atomic E-state index is 11.2. The van der Waals surface area contributed by atoms with E-state index in [9.17, 15) is 4.79 Å². The third kappa shape index (κ3) is 3.41. The highest BCUT2D eigenvalue weighted by Gasteiger charge is 2.14. The first-order valence-corrected chi connectivity index (χ1v) is 8.36. The number of aromatic amines is 2. The zero-order valence-electron chi connectivity index (χ0n) is 12.2. The second-order valence-corrected chi connectivity index (χ2v) is 6.51. The van der Waals surface area contributed by atoms with E-state index in [1.807, 2.05) is 6.07 Å². The number of rotatable bonds is 4. The van der Waals surface area contributed by atoms with Crippen molar-refractivity contribution >= 4 is 33.7 Å². The summed E-state index contributed by atoms with van der Waals surface area (Å²) in [7, 11) is 0. The quantitative estimate of drug-likeness (QED) is 0.512. The topological polar surface area (TPSA) is 111 Å². The maximum Gasteiger partial charge on any atom is 0.323 e. The molecule has 122 valence electrons. The fourth-order valence-corrected chi connectivity index (χ4v) is 3.38. The average Bonchev–Trinajstić information content (AvgIpc) is 3.12. The summed E-state index contributed by atoms with van der Waals surface area (Å²) in [5.41, 5.74) is 8.41. The highest BCUT2D eigenvalue weighted by molar-refractivity contribution is 8.14. The van der Waals surface area contributed by atoms with E-state index in [0.29, 0.717) is 28.2 Å². The first-order valence-electron chi connectivity index (χ1n) is 7.38. The Morgan fingerprint density at radius 1 is 1.36 bits per heavy atom. The van der Waals surface area contributed by atoms with E-state index in [4.69, 9.17) is 11.1 Å². The van der Waals surface area contributed by atoms with Crippen molar-refractivity contribution in [1.82, 2.24) is 9.97 Å². The lowest BCUT2D eigenvalue weighted by atomic mass is 10.1. The van der Waals surface area contributed by atoms with Gasteiger partial charge in [0.2, 0.25) is 0 Å².